The molecule has 0 saturated carbocycles. The summed E-state index contributed by atoms with van der Waals surface area (Å²) in [7, 11) is 0. The first-order valence-electron chi connectivity index (χ1n) is 5.33. The smallest absolute Gasteiger partial charge is 0.287 e. The molecule has 8 nitrogen and oxygen atoms in total. The van der Waals surface area contributed by atoms with Crippen LogP contribution in [0.5, 0.6) is 0 Å². The molecule has 2 aromatic heterocycles. The molecular formula is C9H12ClN7O. The van der Waals surface area contributed by atoms with E-state index in [1.54, 1.807) is 0 Å². The molecular weight excluding hydrogens is 258 g/mol. The van der Waals surface area contributed by atoms with E-state index in [2.05, 4.69) is 31.0 Å². The molecule has 18 heavy (non-hydrogen) atoms. The van der Waals surface area contributed by atoms with Crippen LogP contribution in [-0.4, -0.2) is 30.4 Å². The van der Waals surface area contributed by atoms with E-state index in [1.807, 2.05) is 13.8 Å². The number of hydrogen-bond donors (Lipinski definition) is 2. The van der Waals surface area contributed by atoms with Gasteiger partial charge in [0.05, 0.1) is 24.5 Å². The van der Waals surface area contributed by atoms with E-state index < -0.39 is 0 Å². The number of H-pyrrole nitrogens is 1. The fraction of sp³-hybridized carbons (Fsp3) is 0.444. The average Bonchev–Trinajstić information content (AvgIpc) is 2.83. The zero-order valence-corrected chi connectivity index (χ0v) is 10.6. The Morgan fingerprint density at radius 3 is 2.94 bits per heavy atom. The summed E-state index contributed by atoms with van der Waals surface area (Å²) in [5.74, 6) is 0.471. The lowest BCUT2D eigenvalue weighted by Crippen LogP contribution is -2.25. The highest BCUT2D eigenvalue weighted by atomic mass is 35.5. The molecule has 0 aliphatic carbocycles. The van der Waals surface area contributed by atoms with Crippen molar-refractivity contribution in [3.63, 3.8) is 0 Å². The second-order valence-corrected chi connectivity index (χ2v) is 4.28. The molecule has 9 heteroatoms. The lowest BCUT2D eigenvalue weighted by atomic mass is 10.4. The number of aromatic nitrogens is 6. The van der Waals surface area contributed by atoms with Crippen LogP contribution in [-0.2, 0) is 6.54 Å². The first-order valence-corrected chi connectivity index (χ1v) is 5.71. The van der Waals surface area contributed by atoms with Crippen LogP contribution in [0.2, 0.25) is 5.02 Å². The molecule has 0 amide bonds. The minimum absolute atomic E-state index is 0.0405. The van der Waals surface area contributed by atoms with Gasteiger partial charge in [0, 0.05) is 0 Å². The van der Waals surface area contributed by atoms with Crippen molar-refractivity contribution in [2.24, 2.45) is 0 Å². The van der Waals surface area contributed by atoms with Crippen LogP contribution < -0.4 is 10.9 Å². The third kappa shape index (κ3) is 2.48. The minimum atomic E-state index is -0.329. The maximum absolute atomic E-state index is 11.9. The first-order chi connectivity index (χ1) is 8.59. The van der Waals surface area contributed by atoms with Crippen molar-refractivity contribution in [2.75, 3.05) is 5.32 Å². The number of tetrazole rings is 1. The summed E-state index contributed by atoms with van der Waals surface area (Å²) in [5, 5.41) is 20.4. The Kier molecular flexibility index (Phi) is 3.56. The standard InChI is InChI=1S/C9H12ClN7O/c1-5(2)17-9(18)8(10)6(3-12-17)11-4-7-13-15-16-14-7/h3,5,11H,4H2,1-2H3,(H,13,14,15,16). The van der Waals surface area contributed by atoms with Gasteiger partial charge in [0.15, 0.2) is 5.82 Å². The largest absolute Gasteiger partial charge is 0.375 e. The summed E-state index contributed by atoms with van der Waals surface area (Å²) in [6.07, 6.45) is 1.50. The monoisotopic (exact) mass is 269 g/mol. The quantitative estimate of drug-likeness (QED) is 0.843. The van der Waals surface area contributed by atoms with Crippen molar-refractivity contribution in [2.45, 2.75) is 26.4 Å². The van der Waals surface area contributed by atoms with Gasteiger partial charge >= 0.3 is 0 Å². The number of nitrogens with one attached hydrogen (secondary N) is 2. The Morgan fingerprint density at radius 2 is 2.33 bits per heavy atom. The molecule has 2 heterocycles. The van der Waals surface area contributed by atoms with E-state index in [4.69, 9.17) is 11.6 Å². The van der Waals surface area contributed by atoms with E-state index in [0.29, 0.717) is 18.1 Å². The van der Waals surface area contributed by atoms with Gasteiger partial charge in [-0.15, -0.1) is 10.2 Å². The Morgan fingerprint density at radius 1 is 1.56 bits per heavy atom. The summed E-state index contributed by atoms with van der Waals surface area (Å²) in [4.78, 5) is 11.9. The molecule has 0 saturated heterocycles. The second kappa shape index (κ2) is 5.13. The second-order valence-electron chi connectivity index (χ2n) is 3.90. The van der Waals surface area contributed by atoms with Crippen LogP contribution in [0, 0.1) is 0 Å². The van der Waals surface area contributed by atoms with Gasteiger partial charge in [0.2, 0.25) is 0 Å². The fourth-order valence-corrected chi connectivity index (χ4v) is 1.57. The lowest BCUT2D eigenvalue weighted by molar-refractivity contribution is 0.503. The minimum Gasteiger partial charge on any atom is -0.375 e. The van der Waals surface area contributed by atoms with Crippen molar-refractivity contribution in [1.29, 1.82) is 0 Å². The maximum atomic E-state index is 11.9. The molecule has 2 N–H and O–H groups in total. The van der Waals surface area contributed by atoms with E-state index in [9.17, 15) is 4.79 Å². The van der Waals surface area contributed by atoms with E-state index in [0.717, 1.165) is 0 Å². The lowest BCUT2D eigenvalue weighted by Gasteiger charge is -2.11. The van der Waals surface area contributed by atoms with E-state index >= 15 is 0 Å². The molecule has 0 aliphatic heterocycles. The van der Waals surface area contributed by atoms with Gasteiger partial charge in [-0.05, 0) is 13.8 Å². The summed E-state index contributed by atoms with van der Waals surface area (Å²) < 4.78 is 1.32. The predicted octanol–water partition coefficient (Wildman–Crippen LogP) is 0.603. The highest BCUT2D eigenvalue weighted by Gasteiger charge is 2.11. The predicted molar refractivity (Wildman–Crippen MR) is 65.4 cm³/mol. The van der Waals surface area contributed by atoms with Crippen molar-refractivity contribution in [3.05, 3.63) is 27.4 Å². The Bertz CT molecular complexity index is 577. The van der Waals surface area contributed by atoms with Crippen LogP contribution in [0.25, 0.3) is 0 Å². The van der Waals surface area contributed by atoms with Crippen LogP contribution >= 0.6 is 11.6 Å². The Hall–Kier alpha value is -1.96. The average molecular weight is 270 g/mol. The highest BCUT2D eigenvalue weighted by molar-refractivity contribution is 6.32. The molecule has 0 fully saturated rings. The molecule has 0 atom stereocenters. The third-order valence-corrected chi connectivity index (χ3v) is 2.62. The molecule has 0 aromatic carbocycles. The van der Waals surface area contributed by atoms with Crippen molar-refractivity contribution < 1.29 is 0 Å². The number of halogens is 1. The van der Waals surface area contributed by atoms with Crippen molar-refractivity contribution >= 4 is 17.3 Å². The summed E-state index contributed by atoms with van der Waals surface area (Å²) in [5.41, 5.74) is 0.119. The molecule has 0 radical (unpaired) electrons. The van der Waals surface area contributed by atoms with Crippen LogP contribution in [0.3, 0.4) is 0 Å². The van der Waals surface area contributed by atoms with Gasteiger partial charge in [-0.2, -0.15) is 10.3 Å². The molecule has 0 bridgehead atoms. The topological polar surface area (TPSA) is 101 Å². The number of nitrogens with zero attached hydrogens (tertiary/aromatic N) is 5. The SMILES string of the molecule is CC(C)n1ncc(NCc2nn[nH]n2)c(Cl)c1=O. The van der Waals surface area contributed by atoms with Crippen LogP contribution in [0.4, 0.5) is 5.69 Å². The number of rotatable bonds is 4. The summed E-state index contributed by atoms with van der Waals surface area (Å²) in [6.45, 7) is 4.03. The zero-order chi connectivity index (χ0) is 13.1. The molecule has 0 aliphatic rings. The van der Waals surface area contributed by atoms with Crippen LogP contribution in [0.1, 0.15) is 25.7 Å². The number of anilines is 1. The summed E-state index contributed by atoms with van der Waals surface area (Å²) >= 11 is 5.98. The van der Waals surface area contributed by atoms with Crippen molar-refractivity contribution in [3.8, 4) is 0 Å². The van der Waals surface area contributed by atoms with Gasteiger partial charge < -0.3 is 5.32 Å². The Labute approximate surface area is 107 Å². The van der Waals surface area contributed by atoms with Gasteiger partial charge in [0.1, 0.15) is 5.02 Å². The number of aromatic amines is 1. The maximum Gasteiger partial charge on any atom is 0.287 e. The molecule has 0 spiro atoms. The highest BCUT2D eigenvalue weighted by Crippen LogP contribution is 2.16. The number of hydrogen-bond acceptors (Lipinski definition) is 6. The van der Waals surface area contributed by atoms with Crippen LogP contribution in [0.15, 0.2) is 11.0 Å². The van der Waals surface area contributed by atoms with Gasteiger partial charge in [-0.3, -0.25) is 4.79 Å². The molecule has 0 unspecified atom stereocenters. The first kappa shape index (κ1) is 12.5. The normalized spacial score (nSPS) is 10.9. The Balaban J connectivity index is 2.20. The third-order valence-electron chi connectivity index (χ3n) is 2.26. The van der Waals surface area contributed by atoms with E-state index in [1.165, 1.54) is 10.9 Å². The van der Waals surface area contributed by atoms with Gasteiger partial charge in [-0.1, -0.05) is 16.8 Å². The fourth-order valence-electron chi connectivity index (χ4n) is 1.37. The van der Waals surface area contributed by atoms with E-state index in [-0.39, 0.29) is 16.6 Å². The zero-order valence-electron chi connectivity index (χ0n) is 9.88. The summed E-state index contributed by atoms with van der Waals surface area (Å²) in [6, 6.07) is -0.0405. The molecule has 96 valence electrons. The molecule has 2 aromatic rings. The van der Waals surface area contributed by atoms with Gasteiger partial charge in [0.25, 0.3) is 5.56 Å². The van der Waals surface area contributed by atoms with Crippen molar-refractivity contribution in [1.82, 2.24) is 30.4 Å². The van der Waals surface area contributed by atoms with Gasteiger partial charge in [-0.25, -0.2) is 4.68 Å². The molecule has 2 rings (SSSR count).